The molecule has 35 heavy (non-hydrogen) atoms. The van der Waals surface area contributed by atoms with E-state index in [-0.39, 0.29) is 38.9 Å². The Hall–Kier alpha value is -2.14. The van der Waals surface area contributed by atoms with Gasteiger partial charge in [0.15, 0.2) is 9.84 Å². The van der Waals surface area contributed by atoms with E-state index < -0.39 is 22.1 Å². The van der Waals surface area contributed by atoms with Crippen LogP contribution in [0.2, 0.25) is 5.02 Å². The van der Waals surface area contributed by atoms with Gasteiger partial charge in [0, 0.05) is 35.6 Å². The molecule has 2 aromatic carbocycles. The monoisotopic (exact) mass is 544 g/mol. The molecule has 1 aliphatic rings. The summed E-state index contributed by atoms with van der Waals surface area (Å²) in [4.78, 5) is 6.15. The molecule has 1 atom stereocenters. The quantitative estimate of drug-likeness (QED) is 0.326. The summed E-state index contributed by atoms with van der Waals surface area (Å²) in [5.74, 6) is -0.317. The highest BCUT2D eigenvalue weighted by molar-refractivity contribution is 7.90. The predicted molar refractivity (Wildman–Crippen MR) is 129 cm³/mol. The van der Waals surface area contributed by atoms with Crippen LogP contribution in [0.4, 0.5) is 13.2 Å². The second-order valence-corrected chi connectivity index (χ2v) is 11.6. The largest absolute Gasteiger partial charge is 0.489 e. The molecule has 1 aliphatic heterocycles. The van der Waals surface area contributed by atoms with Gasteiger partial charge in [-0.3, -0.25) is 4.90 Å². The van der Waals surface area contributed by atoms with E-state index in [0.717, 1.165) is 12.1 Å². The Morgan fingerprint density at radius 1 is 1.20 bits per heavy atom. The van der Waals surface area contributed by atoms with Gasteiger partial charge in [0.2, 0.25) is 0 Å². The standard InChI is InChI=1S/C24H24ClF3N2O3S2/c1-15(20-10-16(24(27)28)2-4-22(20)26)30-8-6-18(7-9-30)33-23-5-3-19(11-21(23)25)35(31,32)13-17-12-34-14-29-17/h2-5,10-12,14-15,18,24H,6-9,13H2,1H3/t15-/m1/s1. The SMILES string of the molecule is C[C@H](c1cc(C(F)F)ccc1F)N1CCC(Oc2ccc(S(=O)(=O)Cc3cscn3)cc2Cl)CC1. The van der Waals surface area contributed by atoms with Crippen molar-refractivity contribution in [1.82, 2.24) is 9.88 Å². The summed E-state index contributed by atoms with van der Waals surface area (Å²) in [6, 6.07) is 7.48. The fourth-order valence-corrected chi connectivity index (χ4v) is 6.37. The summed E-state index contributed by atoms with van der Waals surface area (Å²) in [5.41, 5.74) is 2.11. The molecule has 0 bridgehead atoms. The van der Waals surface area contributed by atoms with Crippen molar-refractivity contribution in [2.45, 2.75) is 49.0 Å². The molecule has 0 saturated carbocycles. The average Bonchev–Trinajstić information content (AvgIpc) is 3.33. The first-order valence-corrected chi connectivity index (χ1v) is 14.0. The third kappa shape index (κ3) is 6.17. The summed E-state index contributed by atoms with van der Waals surface area (Å²) in [6.45, 7) is 2.97. The van der Waals surface area contributed by atoms with Crippen molar-refractivity contribution >= 4 is 32.8 Å². The maximum atomic E-state index is 14.3. The number of aromatic nitrogens is 1. The summed E-state index contributed by atoms with van der Waals surface area (Å²) in [5, 5.41) is 1.89. The lowest BCUT2D eigenvalue weighted by atomic mass is 9.99. The number of rotatable bonds is 8. The molecule has 0 unspecified atom stereocenters. The zero-order chi connectivity index (χ0) is 25.2. The summed E-state index contributed by atoms with van der Waals surface area (Å²) >= 11 is 7.67. The first-order chi connectivity index (χ1) is 16.6. The highest BCUT2D eigenvalue weighted by atomic mass is 35.5. The number of hydrogen-bond acceptors (Lipinski definition) is 6. The van der Waals surface area contributed by atoms with Crippen LogP contribution in [0, 0.1) is 5.82 Å². The van der Waals surface area contributed by atoms with Gasteiger partial charge in [0.05, 0.1) is 26.9 Å². The van der Waals surface area contributed by atoms with Gasteiger partial charge in [-0.2, -0.15) is 0 Å². The predicted octanol–water partition coefficient (Wildman–Crippen LogP) is 6.45. The number of sulfone groups is 1. The normalized spacial score (nSPS) is 16.5. The Morgan fingerprint density at radius 3 is 2.57 bits per heavy atom. The number of nitrogens with zero attached hydrogens (tertiary/aromatic N) is 2. The van der Waals surface area contributed by atoms with Gasteiger partial charge in [0.25, 0.3) is 6.43 Å². The van der Waals surface area contributed by atoms with Crippen molar-refractivity contribution in [1.29, 1.82) is 0 Å². The van der Waals surface area contributed by atoms with Gasteiger partial charge in [-0.05, 0) is 50.1 Å². The van der Waals surface area contributed by atoms with Crippen molar-refractivity contribution < 1.29 is 26.3 Å². The molecule has 2 heterocycles. The molecule has 0 aliphatic carbocycles. The van der Waals surface area contributed by atoms with Crippen LogP contribution in [0.5, 0.6) is 5.75 Å². The number of thiazole rings is 1. The van der Waals surface area contributed by atoms with Crippen LogP contribution in [0.3, 0.4) is 0 Å². The molecule has 3 aromatic rings. The molecule has 188 valence electrons. The Kier molecular flexibility index (Phi) is 8.05. The maximum Gasteiger partial charge on any atom is 0.263 e. The number of alkyl halides is 2. The summed E-state index contributed by atoms with van der Waals surface area (Å²) < 4.78 is 71.7. The van der Waals surface area contributed by atoms with Gasteiger partial charge >= 0.3 is 0 Å². The number of halogens is 4. The van der Waals surface area contributed by atoms with E-state index in [0.29, 0.717) is 37.4 Å². The lowest BCUT2D eigenvalue weighted by molar-refractivity contribution is 0.0787. The van der Waals surface area contributed by atoms with E-state index in [9.17, 15) is 21.6 Å². The minimum Gasteiger partial charge on any atom is -0.489 e. The molecule has 0 spiro atoms. The van der Waals surface area contributed by atoms with E-state index in [1.807, 2.05) is 4.90 Å². The molecule has 0 amide bonds. The number of ether oxygens (including phenoxy) is 1. The van der Waals surface area contributed by atoms with Crippen molar-refractivity contribution in [2.24, 2.45) is 0 Å². The summed E-state index contributed by atoms with van der Waals surface area (Å²) in [7, 11) is -3.59. The molecule has 1 saturated heterocycles. The van der Waals surface area contributed by atoms with E-state index in [2.05, 4.69) is 4.98 Å². The number of likely N-dealkylation sites (tertiary alicyclic amines) is 1. The van der Waals surface area contributed by atoms with Crippen LogP contribution in [0.15, 0.2) is 52.2 Å². The van der Waals surface area contributed by atoms with Crippen molar-refractivity contribution in [3.8, 4) is 5.75 Å². The van der Waals surface area contributed by atoms with Gasteiger partial charge in [-0.1, -0.05) is 17.7 Å². The topological polar surface area (TPSA) is 59.5 Å². The van der Waals surface area contributed by atoms with Crippen LogP contribution in [-0.2, 0) is 15.6 Å². The van der Waals surface area contributed by atoms with Crippen LogP contribution in [-0.4, -0.2) is 37.5 Å². The van der Waals surface area contributed by atoms with Crippen LogP contribution in [0.1, 0.15) is 49.1 Å². The van der Waals surface area contributed by atoms with Gasteiger partial charge in [0.1, 0.15) is 17.7 Å². The van der Waals surface area contributed by atoms with Crippen molar-refractivity contribution in [3.63, 3.8) is 0 Å². The fourth-order valence-electron chi connectivity index (χ4n) is 4.13. The molecule has 0 N–H and O–H groups in total. The lowest BCUT2D eigenvalue weighted by Crippen LogP contribution is -2.39. The van der Waals surface area contributed by atoms with E-state index in [4.69, 9.17) is 16.3 Å². The van der Waals surface area contributed by atoms with Gasteiger partial charge in [-0.25, -0.2) is 26.6 Å². The second kappa shape index (κ2) is 10.9. The molecular formula is C24H24ClF3N2O3S2. The molecular weight excluding hydrogens is 521 g/mol. The number of piperidine rings is 1. The molecule has 4 rings (SSSR count). The Morgan fingerprint density at radius 2 is 1.94 bits per heavy atom. The smallest absolute Gasteiger partial charge is 0.263 e. The first kappa shape index (κ1) is 25.9. The maximum absolute atomic E-state index is 14.3. The van der Waals surface area contributed by atoms with Crippen molar-refractivity contribution in [3.05, 3.63) is 74.9 Å². The van der Waals surface area contributed by atoms with Gasteiger partial charge < -0.3 is 4.74 Å². The highest BCUT2D eigenvalue weighted by Crippen LogP contribution is 2.33. The molecule has 1 aromatic heterocycles. The van der Waals surface area contributed by atoms with Gasteiger partial charge in [-0.15, -0.1) is 11.3 Å². The Bertz CT molecular complexity index is 1270. The minimum absolute atomic E-state index is 0.0968. The van der Waals surface area contributed by atoms with E-state index in [1.165, 1.54) is 29.5 Å². The number of benzene rings is 2. The van der Waals surface area contributed by atoms with Crippen LogP contribution in [0.25, 0.3) is 0 Å². The molecule has 1 fully saturated rings. The van der Waals surface area contributed by atoms with E-state index >= 15 is 0 Å². The molecule has 5 nitrogen and oxygen atoms in total. The molecule has 0 radical (unpaired) electrons. The zero-order valence-corrected chi connectivity index (χ0v) is 21.2. The molecule has 11 heteroatoms. The Balaban J connectivity index is 1.37. The van der Waals surface area contributed by atoms with Crippen LogP contribution >= 0.6 is 22.9 Å². The highest BCUT2D eigenvalue weighted by Gasteiger charge is 2.27. The minimum atomic E-state index is -3.59. The van der Waals surface area contributed by atoms with Crippen molar-refractivity contribution in [2.75, 3.05) is 13.1 Å². The fraction of sp³-hybridized carbons (Fsp3) is 0.375. The summed E-state index contributed by atoms with van der Waals surface area (Å²) in [6.07, 6.45) is -1.56. The third-order valence-electron chi connectivity index (χ3n) is 6.12. The third-order valence-corrected chi connectivity index (χ3v) is 8.70. The zero-order valence-electron chi connectivity index (χ0n) is 18.8. The first-order valence-electron chi connectivity index (χ1n) is 11.0. The lowest BCUT2D eigenvalue weighted by Gasteiger charge is -2.36. The second-order valence-electron chi connectivity index (χ2n) is 8.44. The Labute approximate surface area is 211 Å². The number of hydrogen-bond donors (Lipinski definition) is 0. The van der Waals surface area contributed by atoms with Crippen LogP contribution < -0.4 is 4.74 Å². The average molecular weight is 545 g/mol. The van der Waals surface area contributed by atoms with E-state index in [1.54, 1.807) is 23.9 Å².